The molecule has 0 aliphatic carbocycles. The molecule has 2 nitrogen and oxygen atoms in total. The molecular formula is C8H6ClNOS. The maximum absolute atomic E-state index is 5.61. The second-order valence-corrected chi connectivity index (χ2v) is 3.50. The molecule has 0 amide bonds. The SMILES string of the molecule is Cc1nc(Cl)oc1-c1ccsc1. The number of rotatable bonds is 1. The number of oxazole rings is 1. The van der Waals surface area contributed by atoms with E-state index in [9.17, 15) is 0 Å². The molecule has 0 aromatic carbocycles. The van der Waals surface area contributed by atoms with Crippen LogP contribution in [0.4, 0.5) is 0 Å². The van der Waals surface area contributed by atoms with Gasteiger partial charge in [-0.3, -0.25) is 0 Å². The van der Waals surface area contributed by atoms with E-state index in [1.165, 1.54) is 0 Å². The van der Waals surface area contributed by atoms with Crippen molar-refractivity contribution in [2.75, 3.05) is 0 Å². The van der Waals surface area contributed by atoms with Crippen LogP contribution in [0.2, 0.25) is 5.35 Å². The van der Waals surface area contributed by atoms with Crippen LogP contribution in [0.1, 0.15) is 5.69 Å². The number of hydrogen-bond acceptors (Lipinski definition) is 3. The van der Waals surface area contributed by atoms with Crippen LogP contribution in [0, 0.1) is 6.92 Å². The van der Waals surface area contributed by atoms with E-state index in [0.29, 0.717) is 0 Å². The Morgan fingerprint density at radius 2 is 2.42 bits per heavy atom. The fourth-order valence-electron chi connectivity index (χ4n) is 1.02. The predicted molar refractivity (Wildman–Crippen MR) is 49.6 cm³/mol. The third-order valence-electron chi connectivity index (χ3n) is 1.55. The number of hydrogen-bond donors (Lipinski definition) is 0. The summed E-state index contributed by atoms with van der Waals surface area (Å²) in [5, 5.41) is 4.20. The molecule has 0 N–H and O–H groups in total. The zero-order chi connectivity index (χ0) is 8.55. The van der Waals surface area contributed by atoms with E-state index in [2.05, 4.69) is 4.98 Å². The van der Waals surface area contributed by atoms with Crippen molar-refractivity contribution in [3.8, 4) is 11.3 Å². The highest BCUT2D eigenvalue weighted by molar-refractivity contribution is 7.08. The summed E-state index contributed by atoms with van der Waals surface area (Å²) in [6.07, 6.45) is 0. The fraction of sp³-hybridized carbons (Fsp3) is 0.125. The van der Waals surface area contributed by atoms with Gasteiger partial charge in [0.1, 0.15) is 0 Å². The molecule has 0 radical (unpaired) electrons. The molecule has 0 aliphatic heterocycles. The Hall–Kier alpha value is -0.800. The van der Waals surface area contributed by atoms with E-state index >= 15 is 0 Å². The number of aryl methyl sites for hydroxylation is 1. The van der Waals surface area contributed by atoms with Crippen LogP contribution in [0.25, 0.3) is 11.3 Å². The smallest absolute Gasteiger partial charge is 0.292 e. The van der Waals surface area contributed by atoms with Crippen LogP contribution >= 0.6 is 22.9 Å². The Kier molecular flexibility index (Phi) is 1.90. The molecule has 0 fully saturated rings. The van der Waals surface area contributed by atoms with E-state index in [4.69, 9.17) is 16.0 Å². The fourth-order valence-corrected chi connectivity index (χ4v) is 1.86. The number of halogens is 1. The molecule has 0 saturated carbocycles. The van der Waals surface area contributed by atoms with Gasteiger partial charge in [-0.2, -0.15) is 11.3 Å². The number of aromatic nitrogens is 1. The van der Waals surface area contributed by atoms with Gasteiger partial charge in [0.25, 0.3) is 5.35 Å². The van der Waals surface area contributed by atoms with Crippen molar-refractivity contribution in [1.82, 2.24) is 4.98 Å². The quantitative estimate of drug-likeness (QED) is 0.704. The first-order valence-corrected chi connectivity index (χ1v) is 4.75. The van der Waals surface area contributed by atoms with Gasteiger partial charge >= 0.3 is 0 Å². The summed E-state index contributed by atoms with van der Waals surface area (Å²) in [6, 6.07) is 1.98. The van der Waals surface area contributed by atoms with Crippen molar-refractivity contribution in [2.24, 2.45) is 0 Å². The van der Waals surface area contributed by atoms with Crippen LogP contribution in [0.15, 0.2) is 21.2 Å². The van der Waals surface area contributed by atoms with Gasteiger partial charge in [-0.15, -0.1) is 0 Å². The van der Waals surface area contributed by atoms with Gasteiger partial charge in [-0.05, 0) is 30.0 Å². The molecule has 2 heterocycles. The van der Waals surface area contributed by atoms with Gasteiger partial charge in [0.15, 0.2) is 5.76 Å². The zero-order valence-corrected chi connectivity index (χ0v) is 7.95. The molecule has 2 rings (SSSR count). The standard InChI is InChI=1S/C8H6ClNOS/c1-5-7(11-8(9)10-5)6-2-3-12-4-6/h2-4H,1H3. The van der Waals surface area contributed by atoms with Crippen molar-refractivity contribution >= 4 is 22.9 Å². The van der Waals surface area contributed by atoms with E-state index in [1.54, 1.807) is 11.3 Å². The first-order chi connectivity index (χ1) is 5.77. The normalized spacial score (nSPS) is 10.5. The summed E-state index contributed by atoms with van der Waals surface area (Å²) in [4.78, 5) is 3.97. The van der Waals surface area contributed by atoms with Gasteiger partial charge in [0.2, 0.25) is 0 Å². The van der Waals surface area contributed by atoms with Gasteiger partial charge < -0.3 is 4.42 Å². The monoisotopic (exact) mass is 199 g/mol. The average molecular weight is 200 g/mol. The Bertz CT molecular complexity index is 380. The minimum atomic E-state index is 0.203. The van der Waals surface area contributed by atoms with Crippen molar-refractivity contribution in [2.45, 2.75) is 6.92 Å². The molecule has 4 heteroatoms. The molecule has 0 bridgehead atoms. The highest BCUT2D eigenvalue weighted by Crippen LogP contribution is 2.27. The Morgan fingerprint density at radius 1 is 1.58 bits per heavy atom. The van der Waals surface area contributed by atoms with Crippen LogP contribution < -0.4 is 0 Å². The lowest BCUT2D eigenvalue weighted by Crippen LogP contribution is -1.73. The number of thiophene rings is 1. The summed E-state index contributed by atoms with van der Waals surface area (Å²) >= 11 is 7.23. The highest BCUT2D eigenvalue weighted by atomic mass is 35.5. The molecule has 0 atom stereocenters. The maximum Gasteiger partial charge on any atom is 0.292 e. The minimum absolute atomic E-state index is 0.203. The summed E-state index contributed by atoms with van der Waals surface area (Å²) in [5.41, 5.74) is 1.87. The van der Waals surface area contributed by atoms with E-state index in [-0.39, 0.29) is 5.35 Å². The van der Waals surface area contributed by atoms with E-state index in [1.807, 2.05) is 23.8 Å². The zero-order valence-electron chi connectivity index (χ0n) is 6.37. The van der Waals surface area contributed by atoms with Crippen molar-refractivity contribution < 1.29 is 4.42 Å². The molecule has 62 valence electrons. The van der Waals surface area contributed by atoms with Crippen LogP contribution in [-0.4, -0.2) is 4.98 Å². The van der Waals surface area contributed by atoms with Crippen LogP contribution in [-0.2, 0) is 0 Å². The first kappa shape index (κ1) is 7.83. The summed E-state index contributed by atoms with van der Waals surface area (Å²) in [7, 11) is 0. The largest absolute Gasteiger partial charge is 0.427 e. The minimum Gasteiger partial charge on any atom is -0.427 e. The first-order valence-electron chi connectivity index (χ1n) is 3.43. The van der Waals surface area contributed by atoms with Crippen molar-refractivity contribution in [3.63, 3.8) is 0 Å². The molecule has 0 unspecified atom stereocenters. The topological polar surface area (TPSA) is 26.0 Å². The van der Waals surface area contributed by atoms with Crippen LogP contribution in [0.5, 0.6) is 0 Å². The lowest BCUT2D eigenvalue weighted by atomic mass is 10.2. The van der Waals surface area contributed by atoms with Gasteiger partial charge in [-0.25, -0.2) is 4.98 Å². The second kappa shape index (κ2) is 2.92. The molecule has 12 heavy (non-hydrogen) atoms. The van der Waals surface area contributed by atoms with Crippen molar-refractivity contribution in [1.29, 1.82) is 0 Å². The molecule has 2 aromatic heterocycles. The summed E-state index contributed by atoms with van der Waals surface area (Å²) in [6.45, 7) is 1.88. The third-order valence-corrected chi connectivity index (χ3v) is 2.40. The molecular weight excluding hydrogens is 194 g/mol. The number of nitrogens with zero attached hydrogens (tertiary/aromatic N) is 1. The third kappa shape index (κ3) is 1.26. The average Bonchev–Trinajstić information content (AvgIpc) is 2.58. The Morgan fingerprint density at radius 3 is 2.92 bits per heavy atom. The lowest BCUT2D eigenvalue weighted by Gasteiger charge is -1.89. The van der Waals surface area contributed by atoms with Crippen molar-refractivity contribution in [3.05, 3.63) is 27.9 Å². The molecule has 2 aromatic rings. The molecule has 0 aliphatic rings. The Labute approximate surface area is 78.8 Å². The summed E-state index contributed by atoms with van der Waals surface area (Å²) in [5.74, 6) is 0.765. The van der Waals surface area contributed by atoms with Gasteiger partial charge in [-0.1, -0.05) is 0 Å². The van der Waals surface area contributed by atoms with E-state index < -0.39 is 0 Å². The Balaban J connectivity index is 2.54. The molecule has 0 spiro atoms. The summed E-state index contributed by atoms with van der Waals surface area (Å²) < 4.78 is 5.22. The second-order valence-electron chi connectivity index (χ2n) is 2.39. The maximum atomic E-state index is 5.61. The van der Waals surface area contributed by atoms with Gasteiger partial charge in [0.05, 0.1) is 5.69 Å². The predicted octanol–water partition coefficient (Wildman–Crippen LogP) is 3.36. The van der Waals surface area contributed by atoms with Crippen LogP contribution in [0.3, 0.4) is 0 Å². The van der Waals surface area contributed by atoms with Gasteiger partial charge in [0, 0.05) is 10.9 Å². The molecule has 0 saturated heterocycles. The lowest BCUT2D eigenvalue weighted by molar-refractivity contribution is 0.574. The van der Waals surface area contributed by atoms with E-state index in [0.717, 1.165) is 17.0 Å². The highest BCUT2D eigenvalue weighted by Gasteiger charge is 2.09.